The van der Waals surface area contributed by atoms with Gasteiger partial charge in [-0.25, -0.2) is 0 Å². The van der Waals surface area contributed by atoms with E-state index in [0.29, 0.717) is 24.2 Å². The van der Waals surface area contributed by atoms with Crippen molar-refractivity contribution >= 4 is 22.5 Å². The van der Waals surface area contributed by atoms with Crippen molar-refractivity contribution in [2.45, 2.75) is 62.6 Å². The molecule has 4 heterocycles. The number of carbonyl (C=O) groups is 1. The number of nitrogens with one attached hydrogen (secondary N) is 2. The maximum Gasteiger partial charge on any atom is 0.251 e. The van der Waals surface area contributed by atoms with Crippen LogP contribution in [0, 0.1) is 0 Å². The first kappa shape index (κ1) is 25.1. The van der Waals surface area contributed by atoms with Gasteiger partial charge < -0.3 is 19.7 Å². The Morgan fingerprint density at radius 2 is 1.72 bits per heavy atom. The van der Waals surface area contributed by atoms with E-state index in [4.69, 9.17) is 9.47 Å². The van der Waals surface area contributed by atoms with Crippen LogP contribution in [0.3, 0.4) is 0 Å². The summed E-state index contributed by atoms with van der Waals surface area (Å²) < 4.78 is 11.4. The van der Waals surface area contributed by atoms with Gasteiger partial charge in [0, 0.05) is 47.4 Å². The number of aromatic amines is 1. The maximum atomic E-state index is 13.4. The summed E-state index contributed by atoms with van der Waals surface area (Å²) >= 11 is 0. The molecule has 3 aliphatic heterocycles. The lowest BCUT2D eigenvalue weighted by molar-refractivity contribution is -0.0361. The minimum absolute atomic E-state index is 0.0135. The number of hydrogen-bond acceptors (Lipinski definition) is 6. The van der Waals surface area contributed by atoms with Gasteiger partial charge in [-0.05, 0) is 56.0 Å². The van der Waals surface area contributed by atoms with Crippen LogP contribution < -0.4 is 10.2 Å². The second-order valence-corrected chi connectivity index (χ2v) is 11.8. The van der Waals surface area contributed by atoms with Crippen LogP contribution in [0.5, 0.6) is 0 Å². The molecule has 1 aliphatic carbocycles. The number of H-pyrrole nitrogens is 1. The molecule has 3 aromatic rings. The van der Waals surface area contributed by atoms with E-state index >= 15 is 0 Å². The Bertz CT molecular complexity index is 1290. The number of nitrogens with zero attached hydrogens (tertiary/aromatic N) is 3. The fourth-order valence-corrected chi connectivity index (χ4v) is 7.42. The number of morpholine rings is 2. The fraction of sp³-hybridized carbons (Fsp3) is 0.548. The fourth-order valence-electron chi connectivity index (χ4n) is 7.42. The van der Waals surface area contributed by atoms with E-state index in [9.17, 15) is 4.79 Å². The second kappa shape index (κ2) is 10.6. The van der Waals surface area contributed by atoms with Gasteiger partial charge in [0.15, 0.2) is 0 Å². The molecule has 1 amide bonds. The molecule has 4 aliphatic rings. The number of rotatable bonds is 6. The highest BCUT2D eigenvalue weighted by Gasteiger charge is 2.39. The summed E-state index contributed by atoms with van der Waals surface area (Å²) in [5, 5.41) is 12.1. The number of aromatic nitrogens is 2. The van der Waals surface area contributed by atoms with Crippen molar-refractivity contribution in [3.63, 3.8) is 0 Å². The van der Waals surface area contributed by atoms with E-state index in [1.54, 1.807) is 0 Å². The topological polar surface area (TPSA) is 82.7 Å². The van der Waals surface area contributed by atoms with Crippen LogP contribution in [0.1, 0.15) is 55.3 Å². The third kappa shape index (κ3) is 4.72. The number of carbonyl (C=O) groups excluding carboxylic acids is 1. The van der Waals surface area contributed by atoms with Crippen LogP contribution in [0.4, 0.5) is 5.69 Å². The Morgan fingerprint density at radius 1 is 0.974 bits per heavy atom. The molecule has 1 saturated carbocycles. The highest BCUT2D eigenvalue weighted by Crippen LogP contribution is 2.36. The average Bonchev–Trinajstić information content (AvgIpc) is 3.53. The Hall–Kier alpha value is -2.94. The largest absolute Gasteiger partial charge is 0.379 e. The van der Waals surface area contributed by atoms with Gasteiger partial charge in [0.1, 0.15) is 0 Å². The predicted molar refractivity (Wildman–Crippen MR) is 152 cm³/mol. The molecule has 39 heavy (non-hydrogen) atoms. The van der Waals surface area contributed by atoms with Crippen molar-refractivity contribution in [1.82, 2.24) is 20.4 Å². The molecule has 0 unspecified atom stereocenters. The van der Waals surface area contributed by atoms with Gasteiger partial charge in [-0.3, -0.25) is 14.8 Å². The third-order valence-corrected chi connectivity index (χ3v) is 9.55. The molecule has 8 nitrogen and oxygen atoms in total. The summed E-state index contributed by atoms with van der Waals surface area (Å²) in [5.41, 5.74) is 4.86. The quantitative estimate of drug-likeness (QED) is 0.494. The zero-order valence-corrected chi connectivity index (χ0v) is 22.7. The van der Waals surface area contributed by atoms with Crippen LogP contribution in [0.25, 0.3) is 22.2 Å². The molecular weight excluding hydrogens is 490 g/mol. The molecule has 3 saturated heterocycles. The van der Waals surface area contributed by atoms with Crippen LogP contribution in [0.2, 0.25) is 0 Å². The van der Waals surface area contributed by atoms with Crippen LogP contribution >= 0.6 is 0 Å². The number of amides is 1. The van der Waals surface area contributed by atoms with Crippen molar-refractivity contribution < 1.29 is 14.3 Å². The lowest BCUT2D eigenvalue weighted by Gasteiger charge is -2.48. The Morgan fingerprint density at radius 3 is 2.46 bits per heavy atom. The summed E-state index contributed by atoms with van der Waals surface area (Å²) in [6.45, 7) is 5.79. The maximum absolute atomic E-state index is 13.4. The van der Waals surface area contributed by atoms with Crippen LogP contribution in [-0.4, -0.2) is 84.7 Å². The normalized spacial score (nSPS) is 25.2. The van der Waals surface area contributed by atoms with Gasteiger partial charge in [-0.15, -0.1) is 0 Å². The zero-order chi connectivity index (χ0) is 26.2. The first-order chi connectivity index (χ1) is 19.2. The Balaban J connectivity index is 1.09. The minimum Gasteiger partial charge on any atom is -0.379 e. The van der Waals surface area contributed by atoms with Gasteiger partial charge >= 0.3 is 0 Å². The molecular formula is C31H39N5O3. The van der Waals surface area contributed by atoms with Crippen molar-refractivity contribution in [3.05, 3.63) is 48.0 Å². The Labute approximate surface area is 230 Å². The standard InChI is InChI=1S/C31H39N5O3/c37-30(32-21-31(12-2-1-3-13-31)35-14-16-38-17-15-35)23-6-11-28-27(18-23)29(34-33-28)22-4-7-24(8-5-22)36-25-9-10-26(36)20-39-19-25/h4-8,11,18,25-26H,1-3,9-10,12-17,19-21H2,(H,32,37)(H,33,34)/t25-,26+. The van der Waals surface area contributed by atoms with Crippen molar-refractivity contribution in [2.75, 3.05) is 51.0 Å². The van der Waals surface area contributed by atoms with E-state index < -0.39 is 0 Å². The summed E-state index contributed by atoms with van der Waals surface area (Å²) in [6, 6.07) is 15.6. The van der Waals surface area contributed by atoms with E-state index in [2.05, 4.69) is 49.6 Å². The summed E-state index contributed by atoms with van der Waals surface area (Å²) in [5.74, 6) is -0.0135. The second-order valence-electron chi connectivity index (χ2n) is 11.8. The van der Waals surface area contributed by atoms with Gasteiger partial charge in [0.2, 0.25) is 0 Å². The highest BCUT2D eigenvalue weighted by atomic mass is 16.5. The predicted octanol–water partition coefficient (Wildman–Crippen LogP) is 4.36. The molecule has 0 spiro atoms. The van der Waals surface area contributed by atoms with Gasteiger partial charge in [0.05, 0.1) is 49.7 Å². The van der Waals surface area contributed by atoms with Gasteiger partial charge in [-0.1, -0.05) is 31.4 Å². The molecule has 2 bridgehead atoms. The highest BCUT2D eigenvalue weighted by molar-refractivity contribution is 6.01. The smallest absolute Gasteiger partial charge is 0.251 e. The molecule has 0 radical (unpaired) electrons. The molecule has 8 heteroatoms. The zero-order valence-electron chi connectivity index (χ0n) is 22.7. The average molecular weight is 530 g/mol. The van der Waals surface area contributed by atoms with Crippen molar-refractivity contribution in [1.29, 1.82) is 0 Å². The van der Waals surface area contributed by atoms with E-state index in [-0.39, 0.29) is 11.4 Å². The van der Waals surface area contributed by atoms with Crippen LogP contribution in [0.15, 0.2) is 42.5 Å². The SMILES string of the molecule is O=C(NCC1(N2CCOCC2)CCCCC1)c1ccc2[nH]nc(-c3ccc(N4[C@@H]5CC[C@H]4COC5)cc3)c2c1. The van der Waals surface area contributed by atoms with Gasteiger partial charge in [-0.2, -0.15) is 5.10 Å². The number of anilines is 1. The third-order valence-electron chi connectivity index (χ3n) is 9.55. The molecule has 206 valence electrons. The van der Waals surface area contributed by atoms with Crippen molar-refractivity contribution in [2.24, 2.45) is 0 Å². The number of fused-ring (bicyclic) bond motifs is 3. The van der Waals surface area contributed by atoms with Crippen molar-refractivity contribution in [3.8, 4) is 11.3 Å². The van der Waals surface area contributed by atoms with Crippen LogP contribution in [-0.2, 0) is 9.47 Å². The molecule has 1 aromatic heterocycles. The first-order valence-electron chi connectivity index (χ1n) is 14.8. The van der Waals surface area contributed by atoms with Gasteiger partial charge in [0.25, 0.3) is 5.91 Å². The number of benzene rings is 2. The summed E-state index contributed by atoms with van der Waals surface area (Å²) in [6.07, 6.45) is 8.42. The summed E-state index contributed by atoms with van der Waals surface area (Å²) in [7, 11) is 0. The molecule has 2 aromatic carbocycles. The molecule has 4 fully saturated rings. The van der Waals surface area contributed by atoms with E-state index in [1.165, 1.54) is 37.8 Å². The monoisotopic (exact) mass is 529 g/mol. The number of ether oxygens (including phenoxy) is 2. The molecule has 2 atom stereocenters. The summed E-state index contributed by atoms with van der Waals surface area (Å²) in [4.78, 5) is 18.5. The molecule has 2 N–H and O–H groups in total. The first-order valence-corrected chi connectivity index (χ1v) is 14.8. The minimum atomic E-state index is -0.0135. The van der Waals surface area contributed by atoms with E-state index in [0.717, 1.165) is 74.5 Å². The molecule has 7 rings (SSSR count). The lowest BCUT2D eigenvalue weighted by Crippen LogP contribution is -2.59. The van der Waals surface area contributed by atoms with E-state index in [1.807, 2.05) is 18.2 Å². The lowest BCUT2D eigenvalue weighted by atomic mass is 9.79. The Kier molecular flexibility index (Phi) is 6.78. The number of hydrogen-bond donors (Lipinski definition) is 2.